The van der Waals surface area contributed by atoms with Crippen LogP contribution in [0.5, 0.6) is 5.75 Å². The highest BCUT2D eigenvalue weighted by atomic mass is 79.9. The summed E-state index contributed by atoms with van der Waals surface area (Å²) in [5, 5.41) is 10.6. The number of methoxy groups -OCH3 is 1. The van der Waals surface area contributed by atoms with Gasteiger partial charge in [0.05, 0.1) is 18.9 Å². The lowest BCUT2D eigenvalue weighted by Crippen LogP contribution is -2.63. The number of benzene rings is 2. The Labute approximate surface area is 236 Å². The number of alkyl halides is 3. The molecule has 0 aromatic heterocycles. The average Bonchev–Trinajstić information content (AvgIpc) is 3.37. The number of fused-ring (bicyclic) bond motifs is 2. The molecule has 9 nitrogen and oxygen atoms in total. The van der Waals surface area contributed by atoms with Crippen molar-refractivity contribution in [3.8, 4) is 5.75 Å². The molecule has 3 heterocycles. The van der Waals surface area contributed by atoms with Crippen molar-refractivity contribution in [2.75, 3.05) is 20.7 Å². The van der Waals surface area contributed by atoms with Gasteiger partial charge >= 0.3 is 12.1 Å². The number of hydrogen-bond acceptors (Lipinski definition) is 6. The molecule has 2 aromatic carbocycles. The molecule has 1 spiro atoms. The van der Waals surface area contributed by atoms with Crippen LogP contribution < -0.4 is 10.1 Å². The third-order valence-electron chi connectivity index (χ3n) is 7.55. The monoisotopic (exact) mass is 625 g/mol. The van der Waals surface area contributed by atoms with Gasteiger partial charge in [-0.2, -0.15) is 13.2 Å². The standard InChI is InChI=1S/C25H26BrN3O4.C2HF3O2/c1-28-22(30)19-20(23(28)31)25(27-21(19)16-6-10-18(33-2)11-7-16)12-3-13-29(24(25)32)14-15-4-8-17(26)9-5-15;3-2(4,5)1(6)7/h4-11,19-21,27H,3,12-14H2,1-2H3;(H,6,7)/t19-,20-,21-,25-;/m1./s1. The number of ether oxygens (including phenoxy) is 1. The number of carbonyl (C=O) groups excluding carboxylic acids is 3. The van der Waals surface area contributed by atoms with Crippen LogP contribution in [0, 0.1) is 11.8 Å². The van der Waals surface area contributed by atoms with Crippen LogP contribution in [0.15, 0.2) is 53.0 Å². The molecule has 3 aliphatic rings. The fraction of sp³-hybridized carbons (Fsp3) is 0.407. The summed E-state index contributed by atoms with van der Waals surface area (Å²) in [6, 6.07) is 14.9. The predicted molar refractivity (Wildman–Crippen MR) is 139 cm³/mol. The van der Waals surface area contributed by atoms with Gasteiger partial charge in [-0.25, -0.2) is 4.79 Å². The molecular formula is C27H27BrF3N3O6. The molecule has 2 N–H and O–H groups in total. The van der Waals surface area contributed by atoms with Gasteiger partial charge in [0.25, 0.3) is 0 Å². The van der Waals surface area contributed by atoms with Crippen LogP contribution in [0.1, 0.15) is 30.0 Å². The van der Waals surface area contributed by atoms with Crippen LogP contribution in [-0.4, -0.2) is 71.0 Å². The van der Waals surface area contributed by atoms with Crippen molar-refractivity contribution >= 4 is 39.6 Å². The molecular weight excluding hydrogens is 599 g/mol. The van der Waals surface area contributed by atoms with Crippen molar-refractivity contribution in [3.63, 3.8) is 0 Å². The fourth-order valence-electron chi connectivity index (χ4n) is 5.67. The smallest absolute Gasteiger partial charge is 0.490 e. The lowest BCUT2D eigenvalue weighted by Gasteiger charge is -2.42. The van der Waals surface area contributed by atoms with Gasteiger partial charge in [-0.3, -0.25) is 24.6 Å². The molecule has 13 heteroatoms. The van der Waals surface area contributed by atoms with Crippen molar-refractivity contribution in [1.29, 1.82) is 0 Å². The molecule has 214 valence electrons. The maximum absolute atomic E-state index is 14.0. The first-order chi connectivity index (χ1) is 18.8. The Kier molecular flexibility index (Phi) is 8.27. The minimum Gasteiger partial charge on any atom is -0.497 e. The average molecular weight is 626 g/mol. The van der Waals surface area contributed by atoms with Crippen molar-refractivity contribution in [1.82, 2.24) is 15.1 Å². The highest BCUT2D eigenvalue weighted by Gasteiger charge is 2.68. The Balaban J connectivity index is 0.000000470. The van der Waals surface area contributed by atoms with E-state index in [0.29, 0.717) is 25.3 Å². The van der Waals surface area contributed by atoms with E-state index in [-0.39, 0.29) is 17.7 Å². The van der Waals surface area contributed by atoms with E-state index < -0.39 is 35.6 Å². The second-order valence-corrected chi connectivity index (χ2v) is 10.8. The number of hydrogen-bond donors (Lipinski definition) is 2. The van der Waals surface area contributed by atoms with Crippen molar-refractivity contribution in [2.24, 2.45) is 11.8 Å². The number of nitrogens with zero attached hydrogens (tertiary/aromatic N) is 2. The number of piperidine rings is 1. The maximum Gasteiger partial charge on any atom is 0.490 e. The summed E-state index contributed by atoms with van der Waals surface area (Å²) in [6.07, 6.45) is -3.79. The predicted octanol–water partition coefficient (Wildman–Crippen LogP) is 3.53. The minimum atomic E-state index is -5.08. The van der Waals surface area contributed by atoms with Crippen LogP contribution in [0.25, 0.3) is 0 Å². The van der Waals surface area contributed by atoms with E-state index in [1.54, 1.807) is 7.11 Å². The summed E-state index contributed by atoms with van der Waals surface area (Å²) in [6.45, 7) is 1.10. The largest absolute Gasteiger partial charge is 0.497 e. The molecule has 3 aliphatic heterocycles. The summed E-state index contributed by atoms with van der Waals surface area (Å²) in [5.74, 6) is -3.95. The molecule has 3 fully saturated rings. The zero-order valence-electron chi connectivity index (χ0n) is 21.6. The Bertz CT molecular complexity index is 1300. The first kappa shape index (κ1) is 29.5. The van der Waals surface area contributed by atoms with E-state index >= 15 is 0 Å². The number of imide groups is 1. The molecule has 0 aliphatic carbocycles. The Morgan fingerprint density at radius 1 is 1.10 bits per heavy atom. The van der Waals surface area contributed by atoms with Crippen LogP contribution in [0.2, 0.25) is 0 Å². The summed E-state index contributed by atoms with van der Waals surface area (Å²) in [4.78, 5) is 52.3. The molecule has 40 heavy (non-hydrogen) atoms. The fourth-order valence-corrected chi connectivity index (χ4v) is 5.94. The Morgan fingerprint density at radius 2 is 1.70 bits per heavy atom. The van der Waals surface area contributed by atoms with E-state index in [1.807, 2.05) is 53.4 Å². The number of likely N-dealkylation sites (tertiary alicyclic amines) is 2. The SMILES string of the molecule is COc1ccc([C@H]2N[C@]3(CCCN(Cc4ccc(Br)cc4)C3=O)[C@H]3C(=O)N(C)C(=O)[C@@H]23)cc1.O=C(O)C(F)(F)F. The molecule has 0 radical (unpaired) electrons. The number of rotatable bonds is 4. The molecule has 0 bridgehead atoms. The van der Waals surface area contributed by atoms with Crippen molar-refractivity contribution < 1.29 is 42.2 Å². The quantitative estimate of drug-likeness (QED) is 0.499. The topological polar surface area (TPSA) is 116 Å². The second-order valence-electron chi connectivity index (χ2n) is 9.87. The van der Waals surface area contributed by atoms with Gasteiger partial charge in [0.1, 0.15) is 11.3 Å². The van der Waals surface area contributed by atoms with Gasteiger partial charge in [-0.05, 0) is 48.2 Å². The summed E-state index contributed by atoms with van der Waals surface area (Å²) < 4.78 is 38.0. The van der Waals surface area contributed by atoms with Crippen molar-refractivity contribution in [2.45, 2.75) is 37.1 Å². The van der Waals surface area contributed by atoms with Gasteiger partial charge in [-0.15, -0.1) is 0 Å². The maximum atomic E-state index is 14.0. The van der Waals surface area contributed by atoms with Crippen molar-refractivity contribution in [3.05, 3.63) is 64.1 Å². The van der Waals surface area contributed by atoms with E-state index in [2.05, 4.69) is 21.2 Å². The van der Waals surface area contributed by atoms with Gasteiger partial charge in [0.15, 0.2) is 0 Å². The van der Waals surface area contributed by atoms with Crippen LogP contribution >= 0.6 is 15.9 Å². The lowest BCUT2D eigenvalue weighted by atomic mass is 9.74. The summed E-state index contributed by atoms with van der Waals surface area (Å²) in [7, 11) is 3.12. The number of nitrogens with one attached hydrogen (secondary N) is 1. The zero-order chi connectivity index (χ0) is 29.4. The van der Waals surface area contributed by atoms with E-state index in [4.69, 9.17) is 14.6 Å². The van der Waals surface area contributed by atoms with Crippen LogP contribution in [0.4, 0.5) is 13.2 Å². The Morgan fingerprint density at radius 3 is 2.25 bits per heavy atom. The summed E-state index contributed by atoms with van der Waals surface area (Å²) in [5.41, 5.74) is 0.813. The lowest BCUT2D eigenvalue weighted by molar-refractivity contribution is -0.192. The van der Waals surface area contributed by atoms with Gasteiger partial charge < -0.3 is 14.7 Å². The number of carboxylic acids is 1. The number of aliphatic carboxylic acids is 1. The normalized spacial score (nSPS) is 26.1. The zero-order valence-corrected chi connectivity index (χ0v) is 23.2. The van der Waals surface area contributed by atoms with E-state index in [1.165, 1.54) is 11.9 Å². The third-order valence-corrected chi connectivity index (χ3v) is 8.08. The molecule has 0 unspecified atom stereocenters. The molecule has 3 saturated heterocycles. The first-order valence-corrected chi connectivity index (χ1v) is 13.2. The van der Waals surface area contributed by atoms with Gasteiger partial charge in [0.2, 0.25) is 17.7 Å². The van der Waals surface area contributed by atoms with E-state index in [9.17, 15) is 27.6 Å². The number of amides is 3. The highest BCUT2D eigenvalue weighted by Crippen LogP contribution is 2.51. The number of carboxylic acid groups (broad SMARTS) is 1. The molecule has 4 atom stereocenters. The number of carbonyl (C=O) groups is 4. The highest BCUT2D eigenvalue weighted by molar-refractivity contribution is 9.10. The van der Waals surface area contributed by atoms with Gasteiger partial charge in [-0.1, -0.05) is 40.2 Å². The third kappa shape index (κ3) is 5.44. The van der Waals surface area contributed by atoms with E-state index in [0.717, 1.165) is 22.0 Å². The van der Waals surface area contributed by atoms with Gasteiger partial charge in [0, 0.05) is 30.7 Å². The minimum absolute atomic E-state index is 0.0980. The Hall–Kier alpha value is -3.45. The first-order valence-electron chi connectivity index (χ1n) is 12.4. The molecule has 2 aromatic rings. The summed E-state index contributed by atoms with van der Waals surface area (Å²) >= 11 is 3.45. The van der Waals surface area contributed by atoms with Crippen LogP contribution in [0.3, 0.4) is 0 Å². The molecule has 3 amide bonds. The molecule has 0 saturated carbocycles. The molecule has 5 rings (SSSR count). The van der Waals surface area contributed by atoms with Crippen LogP contribution in [-0.2, 0) is 25.7 Å². The number of halogens is 4. The second kappa shape index (κ2) is 11.2.